The first kappa shape index (κ1) is 15.2. The van der Waals surface area contributed by atoms with E-state index < -0.39 is 0 Å². The molecule has 0 bridgehead atoms. The molecule has 2 aromatic carbocycles. The fourth-order valence-electron chi connectivity index (χ4n) is 2.60. The van der Waals surface area contributed by atoms with Crippen molar-refractivity contribution < 1.29 is 4.79 Å². The second kappa shape index (κ2) is 7.05. The number of hydrogen-bond donors (Lipinski definition) is 1. The Kier molecular flexibility index (Phi) is 4.67. The summed E-state index contributed by atoms with van der Waals surface area (Å²) < 4.78 is 0. The van der Waals surface area contributed by atoms with E-state index in [0.29, 0.717) is 5.92 Å². The molecule has 0 saturated heterocycles. The Morgan fingerprint density at radius 2 is 1.74 bits per heavy atom. The van der Waals surface area contributed by atoms with Gasteiger partial charge in [-0.1, -0.05) is 66.7 Å². The number of allylic oxidation sites excluding steroid dienone is 1. The van der Waals surface area contributed by atoms with Crippen molar-refractivity contribution in [1.82, 2.24) is 5.43 Å². The molecule has 1 amide bonds. The second-order valence-corrected chi connectivity index (χ2v) is 5.83. The number of benzene rings is 2. The summed E-state index contributed by atoms with van der Waals surface area (Å²) in [5, 5.41) is 4.16. The molecule has 0 radical (unpaired) electrons. The molecule has 3 nitrogen and oxygen atoms in total. The van der Waals surface area contributed by atoms with E-state index in [1.54, 1.807) is 0 Å². The Morgan fingerprint density at radius 3 is 2.43 bits per heavy atom. The van der Waals surface area contributed by atoms with Crippen molar-refractivity contribution in [3.8, 4) is 0 Å². The van der Waals surface area contributed by atoms with Crippen molar-refractivity contribution in [2.24, 2.45) is 11.0 Å². The fraction of sp³-hybridized carbons (Fsp3) is 0.200. The maximum atomic E-state index is 12.1. The zero-order valence-electron chi connectivity index (χ0n) is 13.1. The van der Waals surface area contributed by atoms with Gasteiger partial charge < -0.3 is 0 Å². The molecule has 0 spiro atoms. The second-order valence-electron chi connectivity index (χ2n) is 5.83. The van der Waals surface area contributed by atoms with Crippen LogP contribution in [0, 0.1) is 5.92 Å². The highest BCUT2D eigenvalue weighted by atomic mass is 16.2. The molecule has 23 heavy (non-hydrogen) atoms. The Balaban J connectivity index is 1.52. The Labute approximate surface area is 136 Å². The van der Waals surface area contributed by atoms with Gasteiger partial charge in [-0.25, -0.2) is 5.43 Å². The van der Waals surface area contributed by atoms with Crippen LogP contribution < -0.4 is 5.43 Å². The average Bonchev–Trinajstić information content (AvgIpc) is 3.40. The van der Waals surface area contributed by atoms with Crippen LogP contribution in [-0.4, -0.2) is 11.6 Å². The topological polar surface area (TPSA) is 41.5 Å². The molecule has 2 aromatic rings. The van der Waals surface area contributed by atoms with Gasteiger partial charge in [0.15, 0.2) is 0 Å². The highest BCUT2D eigenvalue weighted by Gasteiger charge is 2.43. The standard InChI is InChI=1S/C20H20N2O/c1-15(12-13-16-8-4-2-5-9-16)21-22-20(23)19-14-18(19)17-10-6-3-7-11-17/h2-13,18-19H,14H2,1H3,(H,22,23)/b13-12+,21-15-/t18-,19-/m0/s1. The smallest absolute Gasteiger partial charge is 0.243 e. The number of carbonyl (C=O) groups is 1. The van der Waals surface area contributed by atoms with E-state index in [-0.39, 0.29) is 11.8 Å². The predicted molar refractivity (Wildman–Crippen MR) is 94.0 cm³/mol. The molecule has 1 N–H and O–H groups in total. The van der Waals surface area contributed by atoms with E-state index in [0.717, 1.165) is 17.7 Å². The maximum Gasteiger partial charge on any atom is 0.243 e. The van der Waals surface area contributed by atoms with Crippen LogP contribution >= 0.6 is 0 Å². The summed E-state index contributed by atoms with van der Waals surface area (Å²) in [7, 11) is 0. The van der Waals surface area contributed by atoms with Crippen molar-refractivity contribution in [2.45, 2.75) is 19.3 Å². The molecular weight excluding hydrogens is 284 g/mol. The van der Waals surface area contributed by atoms with Crippen LogP contribution in [0.5, 0.6) is 0 Å². The van der Waals surface area contributed by atoms with Crippen LogP contribution in [0.4, 0.5) is 0 Å². The van der Waals surface area contributed by atoms with E-state index in [1.807, 2.05) is 67.6 Å². The number of rotatable bonds is 5. The Bertz CT molecular complexity index is 720. The van der Waals surface area contributed by atoms with E-state index in [1.165, 1.54) is 5.56 Å². The lowest BCUT2D eigenvalue weighted by Crippen LogP contribution is -2.21. The maximum absolute atomic E-state index is 12.1. The molecule has 1 aliphatic rings. The van der Waals surface area contributed by atoms with Crippen LogP contribution in [0.15, 0.2) is 71.8 Å². The van der Waals surface area contributed by atoms with Crippen molar-refractivity contribution in [3.05, 3.63) is 77.9 Å². The lowest BCUT2D eigenvalue weighted by atomic mass is 10.1. The quantitative estimate of drug-likeness (QED) is 0.658. The van der Waals surface area contributed by atoms with Crippen LogP contribution in [0.1, 0.15) is 30.4 Å². The third-order valence-corrected chi connectivity index (χ3v) is 4.01. The number of hydrazone groups is 1. The van der Waals surface area contributed by atoms with E-state index in [4.69, 9.17) is 0 Å². The minimum Gasteiger partial charge on any atom is -0.273 e. The van der Waals surface area contributed by atoms with Crippen molar-refractivity contribution in [1.29, 1.82) is 0 Å². The lowest BCUT2D eigenvalue weighted by Gasteiger charge is -2.01. The summed E-state index contributed by atoms with van der Waals surface area (Å²) in [6.45, 7) is 1.88. The van der Waals surface area contributed by atoms with Crippen molar-refractivity contribution in [3.63, 3.8) is 0 Å². The average molecular weight is 304 g/mol. The first-order valence-electron chi connectivity index (χ1n) is 7.86. The van der Waals surface area contributed by atoms with E-state index in [2.05, 4.69) is 22.7 Å². The minimum atomic E-state index is 0.00585. The van der Waals surface area contributed by atoms with E-state index >= 15 is 0 Å². The molecule has 3 rings (SSSR count). The lowest BCUT2D eigenvalue weighted by molar-refractivity contribution is -0.122. The molecular formula is C20H20N2O. The SMILES string of the molecule is CC(/C=C/c1ccccc1)=N/NC(=O)[C@H]1C[C@H]1c1ccccc1. The van der Waals surface area contributed by atoms with Crippen molar-refractivity contribution >= 4 is 17.7 Å². The van der Waals surface area contributed by atoms with Gasteiger partial charge in [0.2, 0.25) is 5.91 Å². The van der Waals surface area contributed by atoms with Gasteiger partial charge >= 0.3 is 0 Å². The first-order valence-corrected chi connectivity index (χ1v) is 7.86. The summed E-state index contributed by atoms with van der Waals surface area (Å²) >= 11 is 0. The molecule has 0 aliphatic heterocycles. The number of amides is 1. The number of nitrogens with one attached hydrogen (secondary N) is 1. The van der Waals surface area contributed by atoms with Crippen LogP contribution in [-0.2, 0) is 4.79 Å². The predicted octanol–water partition coefficient (Wildman–Crippen LogP) is 4.00. The largest absolute Gasteiger partial charge is 0.273 e. The molecule has 1 saturated carbocycles. The highest BCUT2D eigenvalue weighted by Crippen LogP contribution is 2.47. The minimum absolute atomic E-state index is 0.00585. The molecule has 0 unspecified atom stereocenters. The van der Waals surface area contributed by atoms with Crippen LogP contribution in [0.2, 0.25) is 0 Å². The summed E-state index contributed by atoms with van der Waals surface area (Å²) in [6.07, 6.45) is 4.79. The zero-order valence-corrected chi connectivity index (χ0v) is 13.1. The normalized spacial score (nSPS) is 20.5. The number of carbonyl (C=O) groups excluding carboxylic acids is 1. The zero-order chi connectivity index (χ0) is 16.1. The van der Waals surface area contributed by atoms with Crippen LogP contribution in [0.3, 0.4) is 0 Å². The van der Waals surface area contributed by atoms with Gasteiger partial charge in [0.05, 0.1) is 5.71 Å². The summed E-state index contributed by atoms with van der Waals surface area (Å²) in [6, 6.07) is 20.2. The molecule has 0 aromatic heterocycles. The van der Waals surface area contributed by atoms with Gasteiger partial charge in [-0.05, 0) is 36.5 Å². The number of hydrogen-bond acceptors (Lipinski definition) is 2. The van der Waals surface area contributed by atoms with Gasteiger partial charge in [-0.3, -0.25) is 4.79 Å². The monoisotopic (exact) mass is 304 g/mol. The summed E-state index contributed by atoms with van der Waals surface area (Å²) in [4.78, 5) is 12.1. The first-order chi connectivity index (χ1) is 11.2. The molecule has 1 fully saturated rings. The summed E-state index contributed by atoms with van der Waals surface area (Å²) in [5.41, 5.74) is 5.80. The van der Waals surface area contributed by atoms with Gasteiger partial charge in [0.25, 0.3) is 0 Å². The van der Waals surface area contributed by atoms with Crippen molar-refractivity contribution in [2.75, 3.05) is 0 Å². The van der Waals surface area contributed by atoms with E-state index in [9.17, 15) is 4.79 Å². The summed E-state index contributed by atoms with van der Waals surface area (Å²) in [5.74, 6) is 0.393. The highest BCUT2D eigenvalue weighted by molar-refractivity contribution is 5.97. The molecule has 116 valence electrons. The van der Waals surface area contributed by atoms with Gasteiger partial charge in [-0.2, -0.15) is 5.10 Å². The van der Waals surface area contributed by atoms with Crippen LogP contribution in [0.25, 0.3) is 6.08 Å². The molecule has 2 atom stereocenters. The molecule has 3 heteroatoms. The molecule has 0 heterocycles. The fourth-order valence-corrected chi connectivity index (χ4v) is 2.60. The third kappa shape index (κ3) is 4.16. The van der Waals surface area contributed by atoms with Gasteiger partial charge in [0, 0.05) is 5.92 Å². The molecule has 1 aliphatic carbocycles. The Morgan fingerprint density at radius 1 is 1.09 bits per heavy atom. The van der Waals surface area contributed by atoms with Gasteiger partial charge in [-0.15, -0.1) is 0 Å². The number of nitrogens with zero attached hydrogens (tertiary/aromatic N) is 1. The Hall–Kier alpha value is -2.68. The van der Waals surface area contributed by atoms with Gasteiger partial charge in [0.1, 0.15) is 0 Å². The third-order valence-electron chi connectivity index (χ3n) is 4.01.